The third-order valence-corrected chi connectivity index (χ3v) is 4.45. The lowest BCUT2D eigenvalue weighted by molar-refractivity contribution is 0.141. The smallest absolute Gasteiger partial charge is 0.319 e. The summed E-state index contributed by atoms with van der Waals surface area (Å²) in [6.45, 7) is 0. The molecule has 0 atom stereocenters. The third-order valence-electron chi connectivity index (χ3n) is 4.45. The molecule has 0 heterocycles. The van der Waals surface area contributed by atoms with E-state index in [1.54, 1.807) is 25.3 Å². The number of methoxy groups -OCH3 is 1. The maximum atomic E-state index is 12.9. The van der Waals surface area contributed by atoms with Gasteiger partial charge in [-0.3, -0.25) is 0 Å². The first-order chi connectivity index (χ1) is 12.6. The molecule has 1 saturated carbocycles. The van der Waals surface area contributed by atoms with Gasteiger partial charge < -0.3 is 20.1 Å². The van der Waals surface area contributed by atoms with Crippen LogP contribution in [0, 0.1) is 5.82 Å². The molecule has 3 rings (SSSR count). The van der Waals surface area contributed by atoms with Crippen LogP contribution in [-0.4, -0.2) is 25.3 Å². The van der Waals surface area contributed by atoms with Crippen molar-refractivity contribution in [1.82, 2.24) is 5.32 Å². The van der Waals surface area contributed by atoms with Crippen LogP contribution in [-0.2, 0) is 0 Å². The highest BCUT2D eigenvalue weighted by Gasteiger charge is 2.23. The van der Waals surface area contributed by atoms with Gasteiger partial charge >= 0.3 is 6.03 Å². The van der Waals surface area contributed by atoms with Gasteiger partial charge in [-0.1, -0.05) is 6.07 Å². The van der Waals surface area contributed by atoms with Gasteiger partial charge in [0.25, 0.3) is 0 Å². The van der Waals surface area contributed by atoms with E-state index in [9.17, 15) is 9.18 Å². The van der Waals surface area contributed by atoms with Gasteiger partial charge in [0, 0.05) is 17.8 Å². The van der Waals surface area contributed by atoms with Crippen LogP contribution in [0.3, 0.4) is 0 Å². The second-order valence-electron chi connectivity index (χ2n) is 6.38. The summed E-state index contributed by atoms with van der Waals surface area (Å²) >= 11 is 0. The Bertz CT molecular complexity index is 728. The van der Waals surface area contributed by atoms with Crippen molar-refractivity contribution >= 4 is 11.7 Å². The van der Waals surface area contributed by atoms with Crippen LogP contribution >= 0.6 is 0 Å². The van der Waals surface area contributed by atoms with E-state index in [2.05, 4.69) is 10.6 Å². The minimum absolute atomic E-state index is 0.0972. The van der Waals surface area contributed by atoms with Gasteiger partial charge in [-0.25, -0.2) is 9.18 Å². The molecule has 0 unspecified atom stereocenters. The molecule has 0 aromatic heterocycles. The average molecular weight is 358 g/mol. The fourth-order valence-electron chi connectivity index (χ4n) is 3.08. The molecule has 2 aromatic carbocycles. The molecule has 1 aliphatic rings. The number of halogens is 1. The number of anilines is 1. The highest BCUT2D eigenvalue weighted by molar-refractivity contribution is 5.89. The van der Waals surface area contributed by atoms with Crippen LogP contribution in [0.5, 0.6) is 11.5 Å². The largest absolute Gasteiger partial charge is 0.497 e. The molecule has 1 aliphatic carbocycles. The number of carbonyl (C=O) groups excluding carboxylic acids is 1. The zero-order valence-corrected chi connectivity index (χ0v) is 14.7. The second kappa shape index (κ2) is 8.56. The summed E-state index contributed by atoms with van der Waals surface area (Å²) < 4.78 is 24.0. The normalized spacial score (nSPS) is 19.5. The number of hydrogen-bond acceptors (Lipinski definition) is 3. The Hall–Kier alpha value is -2.76. The maximum Gasteiger partial charge on any atom is 0.319 e. The number of amides is 2. The predicted octanol–water partition coefficient (Wildman–Crippen LogP) is 4.35. The van der Waals surface area contributed by atoms with Crippen LogP contribution in [0.2, 0.25) is 0 Å². The highest BCUT2D eigenvalue weighted by atomic mass is 19.1. The first-order valence-corrected chi connectivity index (χ1v) is 8.76. The van der Waals surface area contributed by atoms with Gasteiger partial charge in [0.15, 0.2) is 0 Å². The molecule has 26 heavy (non-hydrogen) atoms. The summed E-state index contributed by atoms with van der Waals surface area (Å²) in [4.78, 5) is 12.2. The highest BCUT2D eigenvalue weighted by Crippen LogP contribution is 2.24. The van der Waals surface area contributed by atoms with Crippen molar-refractivity contribution in [3.05, 3.63) is 54.3 Å². The standard InChI is InChI=1S/C20H23FN2O3/c1-25-19-4-2-3-16(13-19)23-20(24)22-15-7-11-18(12-8-15)26-17-9-5-14(21)6-10-17/h2-6,9-10,13,15,18H,7-8,11-12H2,1H3,(H2,22,23,24). The molecular formula is C20H23FN2O3. The lowest BCUT2D eigenvalue weighted by Gasteiger charge is -2.29. The van der Waals surface area contributed by atoms with E-state index in [1.165, 1.54) is 12.1 Å². The Morgan fingerprint density at radius 3 is 2.46 bits per heavy atom. The number of ether oxygens (including phenoxy) is 2. The van der Waals surface area contributed by atoms with Gasteiger partial charge in [0.05, 0.1) is 13.2 Å². The van der Waals surface area contributed by atoms with E-state index < -0.39 is 0 Å². The first-order valence-electron chi connectivity index (χ1n) is 8.76. The summed E-state index contributed by atoms with van der Waals surface area (Å²) in [5.74, 6) is 1.10. The number of nitrogens with one attached hydrogen (secondary N) is 2. The lowest BCUT2D eigenvalue weighted by Crippen LogP contribution is -2.41. The fraction of sp³-hybridized carbons (Fsp3) is 0.350. The van der Waals surface area contributed by atoms with Crippen LogP contribution < -0.4 is 20.1 Å². The number of urea groups is 1. The zero-order chi connectivity index (χ0) is 18.4. The Morgan fingerprint density at radius 1 is 1.04 bits per heavy atom. The van der Waals surface area contributed by atoms with Gasteiger partial charge in [-0.15, -0.1) is 0 Å². The molecule has 2 amide bonds. The van der Waals surface area contributed by atoms with E-state index in [-0.39, 0.29) is 24.0 Å². The summed E-state index contributed by atoms with van der Waals surface area (Å²) in [6.07, 6.45) is 3.48. The molecule has 2 N–H and O–H groups in total. The molecule has 0 radical (unpaired) electrons. The Labute approximate surface area is 152 Å². The monoisotopic (exact) mass is 358 g/mol. The molecule has 1 fully saturated rings. The summed E-state index contributed by atoms with van der Waals surface area (Å²) in [5.41, 5.74) is 0.690. The summed E-state index contributed by atoms with van der Waals surface area (Å²) in [7, 11) is 1.59. The molecule has 0 spiro atoms. The molecule has 0 bridgehead atoms. The molecular weight excluding hydrogens is 335 g/mol. The van der Waals surface area contributed by atoms with Crippen molar-refractivity contribution in [2.45, 2.75) is 37.8 Å². The van der Waals surface area contributed by atoms with Gasteiger partial charge in [0.1, 0.15) is 17.3 Å². The molecule has 138 valence electrons. The SMILES string of the molecule is COc1cccc(NC(=O)NC2CCC(Oc3ccc(F)cc3)CC2)c1. The minimum atomic E-state index is -0.271. The minimum Gasteiger partial charge on any atom is -0.497 e. The first kappa shape index (κ1) is 18.0. The van der Waals surface area contributed by atoms with Crippen molar-refractivity contribution < 1.29 is 18.7 Å². The van der Waals surface area contributed by atoms with Gasteiger partial charge in [0.2, 0.25) is 0 Å². The molecule has 5 nitrogen and oxygen atoms in total. The van der Waals surface area contributed by atoms with Gasteiger partial charge in [-0.2, -0.15) is 0 Å². The fourth-order valence-corrected chi connectivity index (χ4v) is 3.08. The van der Waals surface area contributed by atoms with Crippen LogP contribution in [0.1, 0.15) is 25.7 Å². The van der Waals surface area contributed by atoms with E-state index in [1.807, 2.05) is 18.2 Å². The molecule has 0 aliphatic heterocycles. The lowest BCUT2D eigenvalue weighted by atomic mass is 9.93. The van der Waals surface area contributed by atoms with Crippen LogP contribution in [0.25, 0.3) is 0 Å². The number of carbonyl (C=O) groups is 1. The van der Waals surface area contributed by atoms with E-state index >= 15 is 0 Å². The maximum absolute atomic E-state index is 12.9. The van der Waals surface area contributed by atoms with Crippen molar-refractivity contribution in [2.75, 3.05) is 12.4 Å². The zero-order valence-electron chi connectivity index (χ0n) is 14.7. The summed E-state index contributed by atoms with van der Waals surface area (Å²) in [5, 5.41) is 5.82. The predicted molar refractivity (Wildman–Crippen MR) is 98.2 cm³/mol. The van der Waals surface area contributed by atoms with E-state index in [4.69, 9.17) is 9.47 Å². The number of rotatable bonds is 5. The van der Waals surface area contributed by atoms with Crippen molar-refractivity contribution in [3.63, 3.8) is 0 Å². The van der Waals surface area contributed by atoms with Gasteiger partial charge in [-0.05, 0) is 62.1 Å². The second-order valence-corrected chi connectivity index (χ2v) is 6.38. The number of hydrogen-bond donors (Lipinski definition) is 2. The summed E-state index contributed by atoms with van der Waals surface area (Å²) in [6, 6.07) is 13.2. The Balaban J connectivity index is 1.43. The van der Waals surface area contributed by atoms with E-state index in [0.717, 1.165) is 25.7 Å². The Kier molecular flexibility index (Phi) is 5.94. The molecule has 6 heteroatoms. The number of benzene rings is 2. The van der Waals surface area contributed by atoms with E-state index in [0.29, 0.717) is 17.2 Å². The molecule has 0 saturated heterocycles. The van der Waals surface area contributed by atoms with Crippen molar-refractivity contribution in [3.8, 4) is 11.5 Å². The quantitative estimate of drug-likeness (QED) is 0.836. The Morgan fingerprint density at radius 2 is 1.77 bits per heavy atom. The third kappa shape index (κ3) is 5.12. The van der Waals surface area contributed by atoms with Crippen LogP contribution in [0.15, 0.2) is 48.5 Å². The average Bonchev–Trinajstić information content (AvgIpc) is 2.65. The topological polar surface area (TPSA) is 59.6 Å². The molecule has 2 aromatic rings. The van der Waals surface area contributed by atoms with Crippen LogP contribution in [0.4, 0.5) is 14.9 Å². The van der Waals surface area contributed by atoms with Crippen molar-refractivity contribution in [2.24, 2.45) is 0 Å². The van der Waals surface area contributed by atoms with Crippen molar-refractivity contribution in [1.29, 1.82) is 0 Å².